The van der Waals surface area contributed by atoms with Gasteiger partial charge in [0.15, 0.2) is 5.78 Å². The number of carbonyl (C=O) groups is 1. The number of fused-ring (bicyclic) bond motifs is 1. The minimum Gasteiger partial charge on any atom is -0.292 e. The highest BCUT2D eigenvalue weighted by Gasteiger charge is 2.21. The number of hydrogen-bond donors (Lipinski definition) is 0. The number of nitrogens with zero attached hydrogens (tertiary/aromatic N) is 1. The molecule has 1 aromatic heterocycles. The lowest BCUT2D eigenvalue weighted by atomic mass is 10.1. The third-order valence-electron chi connectivity index (χ3n) is 2.16. The van der Waals surface area contributed by atoms with Crippen molar-refractivity contribution in [1.82, 2.24) is 4.98 Å². The van der Waals surface area contributed by atoms with E-state index in [1.54, 1.807) is 6.20 Å². The zero-order valence-corrected chi connectivity index (χ0v) is 6.42. The van der Waals surface area contributed by atoms with Crippen molar-refractivity contribution in [3.8, 4) is 0 Å². The third kappa shape index (κ3) is 0.862. The largest absolute Gasteiger partial charge is 0.292 e. The van der Waals surface area contributed by atoms with Crippen molar-refractivity contribution >= 4 is 5.78 Å². The summed E-state index contributed by atoms with van der Waals surface area (Å²) in [6, 6.07) is 1.96. The molecule has 1 heterocycles. The van der Waals surface area contributed by atoms with Crippen LogP contribution in [-0.4, -0.2) is 10.8 Å². The first-order chi connectivity index (χ1) is 5.29. The van der Waals surface area contributed by atoms with Crippen LogP contribution >= 0.6 is 0 Å². The first-order valence-corrected chi connectivity index (χ1v) is 3.77. The van der Waals surface area contributed by atoms with Gasteiger partial charge in [0.25, 0.3) is 0 Å². The molecule has 0 amide bonds. The van der Waals surface area contributed by atoms with E-state index in [0.717, 1.165) is 12.0 Å². The highest BCUT2D eigenvalue weighted by Crippen LogP contribution is 2.22. The molecular formula is C9H9NO. The van der Waals surface area contributed by atoms with Crippen LogP contribution in [0.3, 0.4) is 0 Å². The smallest absolute Gasteiger partial charge is 0.181 e. The monoisotopic (exact) mass is 147 g/mol. The van der Waals surface area contributed by atoms with Crippen molar-refractivity contribution in [1.29, 1.82) is 0 Å². The van der Waals surface area contributed by atoms with Crippen molar-refractivity contribution in [2.24, 2.45) is 0 Å². The number of ketones is 1. The van der Waals surface area contributed by atoms with Gasteiger partial charge in [0, 0.05) is 12.6 Å². The van der Waals surface area contributed by atoms with Gasteiger partial charge in [-0.1, -0.05) is 0 Å². The maximum Gasteiger partial charge on any atom is 0.181 e. The molecule has 0 aliphatic heterocycles. The lowest BCUT2D eigenvalue weighted by Gasteiger charge is -1.98. The number of Topliss-reactive ketones (excluding diaryl/α,β-unsaturated/α-hetero) is 1. The molecule has 0 bridgehead atoms. The van der Waals surface area contributed by atoms with E-state index >= 15 is 0 Å². The van der Waals surface area contributed by atoms with E-state index in [1.165, 1.54) is 5.56 Å². The summed E-state index contributed by atoms with van der Waals surface area (Å²) in [6.07, 6.45) is 3.23. The third-order valence-corrected chi connectivity index (χ3v) is 2.16. The molecule has 1 aliphatic rings. The fourth-order valence-corrected chi connectivity index (χ4v) is 1.50. The lowest BCUT2D eigenvalue weighted by Crippen LogP contribution is -1.95. The van der Waals surface area contributed by atoms with Gasteiger partial charge in [-0.05, 0) is 30.5 Å². The SMILES string of the molecule is Cc1ccnc2c1CCC2=O. The van der Waals surface area contributed by atoms with Gasteiger partial charge in [-0.2, -0.15) is 0 Å². The first kappa shape index (κ1) is 6.53. The van der Waals surface area contributed by atoms with Crippen molar-refractivity contribution in [2.75, 3.05) is 0 Å². The number of pyridine rings is 1. The van der Waals surface area contributed by atoms with Crippen LogP contribution in [-0.2, 0) is 6.42 Å². The summed E-state index contributed by atoms with van der Waals surface area (Å²) in [7, 11) is 0. The summed E-state index contributed by atoms with van der Waals surface area (Å²) in [5, 5.41) is 0. The van der Waals surface area contributed by atoms with Gasteiger partial charge in [-0.25, -0.2) is 0 Å². The summed E-state index contributed by atoms with van der Waals surface area (Å²) < 4.78 is 0. The molecule has 2 nitrogen and oxygen atoms in total. The Labute approximate surface area is 65.3 Å². The fourth-order valence-electron chi connectivity index (χ4n) is 1.50. The maximum absolute atomic E-state index is 11.2. The topological polar surface area (TPSA) is 30.0 Å². The van der Waals surface area contributed by atoms with Crippen LogP contribution in [0.4, 0.5) is 0 Å². The lowest BCUT2D eigenvalue weighted by molar-refractivity contribution is 0.0990. The Morgan fingerprint density at radius 2 is 2.27 bits per heavy atom. The minimum atomic E-state index is 0.198. The Hall–Kier alpha value is -1.18. The highest BCUT2D eigenvalue weighted by atomic mass is 16.1. The number of rotatable bonds is 0. The van der Waals surface area contributed by atoms with Crippen LogP contribution < -0.4 is 0 Å². The molecule has 0 atom stereocenters. The number of aryl methyl sites for hydroxylation is 1. The maximum atomic E-state index is 11.2. The van der Waals surface area contributed by atoms with E-state index in [4.69, 9.17) is 0 Å². The standard InChI is InChI=1S/C9H9NO/c1-6-4-5-10-9-7(6)2-3-8(9)11/h4-5H,2-3H2,1H3. The van der Waals surface area contributed by atoms with Gasteiger partial charge in [0.1, 0.15) is 5.69 Å². The molecule has 0 N–H and O–H groups in total. The Morgan fingerprint density at radius 3 is 3.00 bits per heavy atom. The van der Waals surface area contributed by atoms with Crippen LogP contribution in [0.2, 0.25) is 0 Å². The van der Waals surface area contributed by atoms with E-state index in [9.17, 15) is 4.79 Å². The van der Waals surface area contributed by atoms with E-state index in [2.05, 4.69) is 4.98 Å². The van der Waals surface area contributed by atoms with Gasteiger partial charge in [0.2, 0.25) is 0 Å². The Morgan fingerprint density at radius 1 is 1.45 bits per heavy atom. The normalized spacial score (nSPS) is 15.2. The molecule has 2 rings (SSSR count). The molecule has 0 spiro atoms. The predicted molar refractivity (Wildman–Crippen MR) is 41.6 cm³/mol. The van der Waals surface area contributed by atoms with Crippen molar-refractivity contribution in [3.05, 3.63) is 29.1 Å². The van der Waals surface area contributed by atoms with Crippen LogP contribution in [0, 0.1) is 6.92 Å². The molecule has 11 heavy (non-hydrogen) atoms. The molecule has 1 aromatic rings. The molecule has 56 valence electrons. The zero-order chi connectivity index (χ0) is 7.84. The number of aromatic nitrogens is 1. The van der Waals surface area contributed by atoms with Crippen LogP contribution in [0.5, 0.6) is 0 Å². The Bertz CT molecular complexity index is 317. The van der Waals surface area contributed by atoms with Gasteiger partial charge < -0.3 is 0 Å². The second kappa shape index (κ2) is 2.16. The second-order valence-corrected chi connectivity index (χ2v) is 2.88. The quantitative estimate of drug-likeness (QED) is 0.557. The van der Waals surface area contributed by atoms with Crippen molar-refractivity contribution in [2.45, 2.75) is 19.8 Å². The van der Waals surface area contributed by atoms with Gasteiger partial charge in [-0.3, -0.25) is 9.78 Å². The molecule has 1 aliphatic carbocycles. The molecule has 0 radical (unpaired) electrons. The minimum absolute atomic E-state index is 0.198. The summed E-state index contributed by atoms with van der Waals surface area (Å²) in [5.74, 6) is 0.198. The van der Waals surface area contributed by atoms with Crippen molar-refractivity contribution < 1.29 is 4.79 Å². The van der Waals surface area contributed by atoms with E-state index in [0.29, 0.717) is 12.1 Å². The average molecular weight is 147 g/mol. The molecule has 0 saturated carbocycles. The molecule has 0 saturated heterocycles. The van der Waals surface area contributed by atoms with E-state index in [-0.39, 0.29) is 5.78 Å². The number of carbonyl (C=O) groups excluding carboxylic acids is 1. The second-order valence-electron chi connectivity index (χ2n) is 2.88. The van der Waals surface area contributed by atoms with Crippen LogP contribution in [0.25, 0.3) is 0 Å². The molecule has 0 aromatic carbocycles. The molecular weight excluding hydrogens is 138 g/mol. The van der Waals surface area contributed by atoms with Gasteiger partial charge >= 0.3 is 0 Å². The number of hydrogen-bond acceptors (Lipinski definition) is 2. The highest BCUT2D eigenvalue weighted by molar-refractivity contribution is 5.98. The van der Waals surface area contributed by atoms with Crippen molar-refractivity contribution in [3.63, 3.8) is 0 Å². The molecule has 2 heteroatoms. The summed E-state index contributed by atoms with van der Waals surface area (Å²) in [5.41, 5.74) is 3.04. The van der Waals surface area contributed by atoms with Crippen LogP contribution in [0.1, 0.15) is 28.0 Å². The van der Waals surface area contributed by atoms with E-state index in [1.807, 2.05) is 13.0 Å². The Balaban J connectivity index is 2.66. The molecule has 0 fully saturated rings. The average Bonchev–Trinajstić information content (AvgIpc) is 2.35. The summed E-state index contributed by atoms with van der Waals surface area (Å²) in [6.45, 7) is 2.03. The van der Waals surface area contributed by atoms with Crippen LogP contribution in [0.15, 0.2) is 12.3 Å². The van der Waals surface area contributed by atoms with Gasteiger partial charge in [0.05, 0.1) is 0 Å². The van der Waals surface area contributed by atoms with E-state index < -0.39 is 0 Å². The molecule has 0 unspecified atom stereocenters. The fraction of sp³-hybridized carbons (Fsp3) is 0.333. The summed E-state index contributed by atoms with van der Waals surface area (Å²) in [4.78, 5) is 15.2. The summed E-state index contributed by atoms with van der Waals surface area (Å²) >= 11 is 0. The predicted octanol–water partition coefficient (Wildman–Crippen LogP) is 1.52. The first-order valence-electron chi connectivity index (χ1n) is 3.77. The van der Waals surface area contributed by atoms with Gasteiger partial charge in [-0.15, -0.1) is 0 Å². The Kier molecular flexibility index (Phi) is 1.28. The zero-order valence-electron chi connectivity index (χ0n) is 6.42.